The number of benzene rings is 1. The Bertz CT molecular complexity index is 855. The third kappa shape index (κ3) is 7.16. The Morgan fingerprint density at radius 1 is 1.16 bits per heavy atom. The summed E-state index contributed by atoms with van der Waals surface area (Å²) in [6.07, 6.45) is 2.14. The fourth-order valence-corrected chi connectivity index (χ4v) is 3.56. The van der Waals surface area contributed by atoms with Gasteiger partial charge in [0.2, 0.25) is 5.95 Å². The molecule has 174 valence electrons. The van der Waals surface area contributed by atoms with E-state index in [0.717, 1.165) is 70.0 Å². The van der Waals surface area contributed by atoms with Gasteiger partial charge in [-0.25, -0.2) is 15.2 Å². The molecule has 1 fully saturated rings. The second-order valence-corrected chi connectivity index (χ2v) is 7.62. The van der Waals surface area contributed by atoms with E-state index in [2.05, 4.69) is 66.5 Å². The van der Waals surface area contributed by atoms with E-state index in [1.807, 2.05) is 0 Å². The van der Waals surface area contributed by atoms with Crippen LogP contribution in [0.25, 0.3) is 0 Å². The average molecular weight is 444 g/mol. The summed E-state index contributed by atoms with van der Waals surface area (Å²) in [7, 11) is 1.29. The maximum atomic E-state index is 11.2. The van der Waals surface area contributed by atoms with Crippen molar-refractivity contribution >= 4 is 23.5 Å². The minimum absolute atomic E-state index is 0.163. The molecule has 0 aliphatic carbocycles. The first-order valence-corrected chi connectivity index (χ1v) is 11.0. The molecule has 0 atom stereocenters. The highest BCUT2D eigenvalue weighted by atomic mass is 16.5. The quantitative estimate of drug-likeness (QED) is 0.475. The molecule has 0 spiro atoms. The number of nitrogen functional groups attached to an aromatic ring is 1. The molecule has 1 aliphatic rings. The zero-order valence-electron chi connectivity index (χ0n) is 18.8. The number of nitrogens with one attached hydrogen (secondary N) is 2. The molecule has 1 aromatic carbocycles. The zero-order valence-corrected chi connectivity index (χ0v) is 18.8. The Morgan fingerprint density at radius 2 is 1.91 bits per heavy atom. The lowest BCUT2D eigenvalue weighted by Crippen LogP contribution is -2.46. The van der Waals surface area contributed by atoms with Gasteiger partial charge < -0.3 is 20.1 Å². The van der Waals surface area contributed by atoms with Crippen LogP contribution in [0.4, 0.5) is 22.2 Å². The van der Waals surface area contributed by atoms with E-state index in [1.165, 1.54) is 12.8 Å². The molecule has 0 unspecified atom stereocenters. The number of methoxy groups -OCH3 is 1. The Labute approximate surface area is 189 Å². The maximum absolute atomic E-state index is 11.2. The van der Waals surface area contributed by atoms with Crippen LogP contribution in [-0.4, -0.2) is 67.4 Å². The number of carbonyl (C=O) groups is 1. The minimum atomic E-state index is -0.608. The third-order valence-corrected chi connectivity index (χ3v) is 5.23. The van der Waals surface area contributed by atoms with Gasteiger partial charge in [0.15, 0.2) is 0 Å². The van der Waals surface area contributed by atoms with Crippen molar-refractivity contribution in [1.82, 2.24) is 20.3 Å². The van der Waals surface area contributed by atoms with Crippen molar-refractivity contribution < 1.29 is 14.3 Å². The highest BCUT2D eigenvalue weighted by Crippen LogP contribution is 2.21. The summed E-state index contributed by atoms with van der Waals surface area (Å²) in [5.41, 5.74) is 12.9. The number of hydrogen-bond acceptors (Lipinski definition) is 9. The fourth-order valence-electron chi connectivity index (χ4n) is 3.56. The number of rotatable bonds is 10. The summed E-state index contributed by atoms with van der Waals surface area (Å²) in [6, 6.07) is 10.2. The third-order valence-electron chi connectivity index (χ3n) is 5.23. The highest BCUT2D eigenvalue weighted by Gasteiger charge is 2.17. The summed E-state index contributed by atoms with van der Waals surface area (Å²) in [5, 5.41) is 0. The molecule has 0 saturated carbocycles. The number of amides is 1. The standard InChI is InChI=1S/C22H33N7O3/c1-3-15-32-19-8-6-18(7-9-19)29-13-11-28(12-14-29)10-4-5-17-16-20(25-21(23)24-17)26-27-22(30)31-2/h6-9,16H,3-5,10-15H2,1-2H3,(H,27,30)(H3,23,24,25,26). The molecule has 0 bridgehead atoms. The predicted molar refractivity (Wildman–Crippen MR) is 125 cm³/mol. The molecule has 2 heterocycles. The molecule has 1 aromatic heterocycles. The number of aryl methyl sites for hydroxylation is 1. The van der Waals surface area contributed by atoms with Crippen LogP contribution < -0.4 is 26.2 Å². The first-order chi connectivity index (χ1) is 15.6. The van der Waals surface area contributed by atoms with Crippen LogP contribution in [0.2, 0.25) is 0 Å². The molecular weight excluding hydrogens is 410 g/mol. The summed E-state index contributed by atoms with van der Waals surface area (Å²) >= 11 is 0. The van der Waals surface area contributed by atoms with Crippen LogP contribution in [0.1, 0.15) is 25.5 Å². The number of aromatic nitrogens is 2. The van der Waals surface area contributed by atoms with Gasteiger partial charge in [-0.1, -0.05) is 6.92 Å². The monoisotopic (exact) mass is 443 g/mol. The molecule has 1 aliphatic heterocycles. The molecular formula is C22H33N7O3. The van der Waals surface area contributed by atoms with Crippen LogP contribution in [0.15, 0.2) is 30.3 Å². The van der Waals surface area contributed by atoms with Crippen LogP contribution >= 0.6 is 0 Å². The van der Waals surface area contributed by atoms with Gasteiger partial charge in [0.1, 0.15) is 11.6 Å². The first-order valence-electron chi connectivity index (χ1n) is 11.0. The van der Waals surface area contributed by atoms with Crippen molar-refractivity contribution in [3.05, 3.63) is 36.0 Å². The van der Waals surface area contributed by atoms with Gasteiger partial charge in [0.05, 0.1) is 13.7 Å². The lowest BCUT2D eigenvalue weighted by Gasteiger charge is -2.36. The molecule has 1 saturated heterocycles. The van der Waals surface area contributed by atoms with Gasteiger partial charge in [-0.05, 0) is 50.1 Å². The molecule has 10 nitrogen and oxygen atoms in total. The molecule has 1 amide bonds. The van der Waals surface area contributed by atoms with Gasteiger partial charge in [0.25, 0.3) is 0 Å². The zero-order chi connectivity index (χ0) is 22.8. The van der Waals surface area contributed by atoms with Crippen LogP contribution in [0, 0.1) is 0 Å². The molecule has 2 aromatic rings. The lowest BCUT2D eigenvalue weighted by molar-refractivity contribution is 0.173. The Morgan fingerprint density at radius 3 is 2.59 bits per heavy atom. The maximum Gasteiger partial charge on any atom is 0.425 e. The van der Waals surface area contributed by atoms with E-state index in [4.69, 9.17) is 10.5 Å². The molecule has 3 rings (SSSR count). The lowest BCUT2D eigenvalue weighted by atomic mass is 10.2. The van der Waals surface area contributed by atoms with Gasteiger partial charge in [-0.15, -0.1) is 0 Å². The predicted octanol–water partition coefficient (Wildman–Crippen LogP) is 2.29. The van der Waals surface area contributed by atoms with Crippen molar-refractivity contribution in [3.63, 3.8) is 0 Å². The number of nitrogens with two attached hydrogens (primary N) is 1. The van der Waals surface area contributed by atoms with Crippen molar-refractivity contribution in [3.8, 4) is 5.75 Å². The summed E-state index contributed by atoms with van der Waals surface area (Å²) in [6.45, 7) is 7.90. The second-order valence-electron chi connectivity index (χ2n) is 7.62. The Hall–Kier alpha value is -3.27. The second kappa shape index (κ2) is 11.9. The van der Waals surface area contributed by atoms with E-state index < -0.39 is 6.09 Å². The van der Waals surface area contributed by atoms with Crippen LogP contribution in [0.5, 0.6) is 5.75 Å². The van der Waals surface area contributed by atoms with E-state index >= 15 is 0 Å². The van der Waals surface area contributed by atoms with E-state index in [-0.39, 0.29) is 5.95 Å². The van der Waals surface area contributed by atoms with Gasteiger partial charge >= 0.3 is 6.09 Å². The Kier molecular flexibility index (Phi) is 8.73. The summed E-state index contributed by atoms with van der Waals surface area (Å²) in [5.74, 6) is 1.52. The summed E-state index contributed by atoms with van der Waals surface area (Å²) in [4.78, 5) is 24.4. The number of ether oxygens (including phenoxy) is 2. The van der Waals surface area contributed by atoms with E-state index in [9.17, 15) is 4.79 Å². The fraction of sp³-hybridized carbons (Fsp3) is 0.500. The number of anilines is 3. The van der Waals surface area contributed by atoms with Gasteiger partial charge in [-0.2, -0.15) is 4.98 Å². The first kappa shape index (κ1) is 23.4. The minimum Gasteiger partial charge on any atom is -0.494 e. The molecule has 10 heteroatoms. The van der Waals surface area contributed by atoms with Crippen molar-refractivity contribution in [1.29, 1.82) is 0 Å². The molecule has 0 radical (unpaired) electrons. The average Bonchev–Trinajstić information content (AvgIpc) is 2.81. The van der Waals surface area contributed by atoms with Crippen LogP contribution in [-0.2, 0) is 11.2 Å². The molecule has 32 heavy (non-hydrogen) atoms. The Balaban J connectivity index is 1.40. The number of carbonyl (C=O) groups excluding carboxylic acids is 1. The number of hydrazine groups is 1. The van der Waals surface area contributed by atoms with Crippen molar-refractivity contribution in [2.24, 2.45) is 0 Å². The smallest absolute Gasteiger partial charge is 0.425 e. The largest absolute Gasteiger partial charge is 0.494 e. The SMILES string of the molecule is CCCOc1ccc(N2CCN(CCCc3cc(NNC(=O)OC)nc(N)n3)CC2)cc1. The van der Waals surface area contributed by atoms with Crippen molar-refractivity contribution in [2.75, 3.05) is 62.5 Å². The molecule has 4 N–H and O–H groups in total. The van der Waals surface area contributed by atoms with Gasteiger partial charge in [0, 0.05) is 43.6 Å². The van der Waals surface area contributed by atoms with E-state index in [1.54, 1.807) is 6.07 Å². The van der Waals surface area contributed by atoms with E-state index in [0.29, 0.717) is 5.82 Å². The normalized spacial score (nSPS) is 14.1. The van der Waals surface area contributed by atoms with Crippen molar-refractivity contribution in [2.45, 2.75) is 26.2 Å². The number of nitrogens with zero attached hydrogens (tertiary/aromatic N) is 4. The topological polar surface area (TPSA) is 118 Å². The summed E-state index contributed by atoms with van der Waals surface area (Å²) < 4.78 is 10.2. The van der Waals surface area contributed by atoms with Gasteiger partial charge in [-0.3, -0.25) is 10.3 Å². The number of piperazine rings is 1. The number of hydrogen-bond donors (Lipinski definition) is 3. The highest BCUT2D eigenvalue weighted by molar-refractivity contribution is 5.68. The van der Waals surface area contributed by atoms with Crippen LogP contribution in [0.3, 0.4) is 0 Å².